The number of halogens is 1. The number of benzene rings is 1. The topological polar surface area (TPSA) is 41.5 Å². The molecular formula is C13H17ClN2O. The van der Waals surface area contributed by atoms with Crippen molar-refractivity contribution in [3.05, 3.63) is 34.9 Å². The quantitative estimate of drug-likeness (QED) is 0.471. The smallest absolute Gasteiger partial charge is 0.240 e. The number of amides is 1. The third kappa shape index (κ3) is 6.07. The van der Waals surface area contributed by atoms with Gasteiger partial charge >= 0.3 is 0 Å². The zero-order valence-electron chi connectivity index (χ0n) is 9.95. The maximum atomic E-state index is 11.3. The molecule has 1 amide bonds. The van der Waals surface area contributed by atoms with Crippen molar-refractivity contribution in [2.45, 2.75) is 32.6 Å². The van der Waals surface area contributed by atoms with Crippen molar-refractivity contribution in [3.63, 3.8) is 0 Å². The van der Waals surface area contributed by atoms with Crippen LogP contribution in [0.5, 0.6) is 0 Å². The first-order valence-electron chi connectivity index (χ1n) is 5.80. The van der Waals surface area contributed by atoms with Gasteiger partial charge in [-0.25, -0.2) is 5.43 Å². The van der Waals surface area contributed by atoms with E-state index in [0.717, 1.165) is 24.8 Å². The fraction of sp³-hybridized carbons (Fsp3) is 0.385. The van der Waals surface area contributed by atoms with Crippen LogP contribution >= 0.6 is 11.6 Å². The molecule has 0 radical (unpaired) electrons. The van der Waals surface area contributed by atoms with Gasteiger partial charge < -0.3 is 0 Å². The van der Waals surface area contributed by atoms with Crippen LogP contribution in [0, 0.1) is 0 Å². The molecule has 17 heavy (non-hydrogen) atoms. The molecule has 0 aromatic heterocycles. The van der Waals surface area contributed by atoms with Crippen molar-refractivity contribution < 1.29 is 4.79 Å². The highest BCUT2D eigenvalue weighted by atomic mass is 35.5. The summed E-state index contributed by atoms with van der Waals surface area (Å²) >= 11 is 5.82. The first-order valence-corrected chi connectivity index (χ1v) is 6.17. The minimum absolute atomic E-state index is 0.0447. The van der Waals surface area contributed by atoms with Crippen molar-refractivity contribution in [3.8, 4) is 0 Å². The number of rotatable bonds is 6. The number of hydrogen-bond donors (Lipinski definition) is 1. The molecule has 0 fully saturated rings. The van der Waals surface area contributed by atoms with Crippen LogP contribution < -0.4 is 5.43 Å². The first kappa shape index (κ1) is 13.7. The van der Waals surface area contributed by atoms with Crippen LogP contribution in [0.3, 0.4) is 0 Å². The van der Waals surface area contributed by atoms with Crippen LogP contribution in [0.15, 0.2) is 29.4 Å². The van der Waals surface area contributed by atoms with Crippen LogP contribution in [0.4, 0.5) is 0 Å². The Morgan fingerprint density at radius 2 is 2.29 bits per heavy atom. The highest BCUT2D eigenvalue weighted by Gasteiger charge is 1.97. The second-order valence-corrected chi connectivity index (χ2v) is 4.24. The van der Waals surface area contributed by atoms with Gasteiger partial charge in [0.1, 0.15) is 0 Å². The summed E-state index contributed by atoms with van der Waals surface area (Å²) in [5.74, 6) is -0.0447. The summed E-state index contributed by atoms with van der Waals surface area (Å²) in [4.78, 5) is 11.3. The predicted octanol–water partition coefficient (Wildman–Crippen LogP) is 3.37. The van der Waals surface area contributed by atoms with Gasteiger partial charge in [0.25, 0.3) is 0 Å². The van der Waals surface area contributed by atoms with Crippen LogP contribution in [0.2, 0.25) is 5.02 Å². The SMILES string of the molecule is CCCCCC(=O)N/N=C\c1cccc(Cl)c1. The van der Waals surface area contributed by atoms with E-state index < -0.39 is 0 Å². The van der Waals surface area contributed by atoms with E-state index >= 15 is 0 Å². The number of hydrazone groups is 1. The summed E-state index contributed by atoms with van der Waals surface area (Å²) < 4.78 is 0. The lowest BCUT2D eigenvalue weighted by Gasteiger charge is -1.98. The number of nitrogens with zero attached hydrogens (tertiary/aromatic N) is 1. The van der Waals surface area contributed by atoms with E-state index in [9.17, 15) is 4.79 Å². The van der Waals surface area contributed by atoms with Gasteiger partial charge in [0.2, 0.25) is 5.91 Å². The highest BCUT2D eigenvalue weighted by Crippen LogP contribution is 2.08. The molecule has 0 saturated heterocycles. The van der Waals surface area contributed by atoms with Gasteiger partial charge in [-0.2, -0.15) is 5.10 Å². The summed E-state index contributed by atoms with van der Waals surface area (Å²) in [6, 6.07) is 7.29. The van der Waals surface area contributed by atoms with E-state index in [-0.39, 0.29) is 5.91 Å². The van der Waals surface area contributed by atoms with E-state index in [1.54, 1.807) is 18.3 Å². The largest absolute Gasteiger partial charge is 0.273 e. The Morgan fingerprint density at radius 1 is 1.47 bits per heavy atom. The Kier molecular flexibility index (Phi) is 6.33. The molecule has 4 heteroatoms. The molecule has 0 heterocycles. The fourth-order valence-electron chi connectivity index (χ4n) is 1.36. The summed E-state index contributed by atoms with van der Waals surface area (Å²) in [5.41, 5.74) is 3.36. The van der Waals surface area contributed by atoms with Crippen LogP contribution in [0.1, 0.15) is 38.2 Å². The van der Waals surface area contributed by atoms with E-state index in [1.807, 2.05) is 12.1 Å². The molecule has 1 rings (SSSR count). The number of carbonyl (C=O) groups excluding carboxylic acids is 1. The molecule has 1 N–H and O–H groups in total. The molecule has 0 unspecified atom stereocenters. The molecule has 0 bridgehead atoms. The van der Waals surface area contributed by atoms with Gasteiger partial charge in [-0.15, -0.1) is 0 Å². The van der Waals surface area contributed by atoms with Crippen LogP contribution in [-0.2, 0) is 4.79 Å². The lowest BCUT2D eigenvalue weighted by molar-refractivity contribution is -0.121. The van der Waals surface area contributed by atoms with Gasteiger partial charge in [-0.1, -0.05) is 43.5 Å². The highest BCUT2D eigenvalue weighted by molar-refractivity contribution is 6.30. The average Bonchev–Trinajstić information content (AvgIpc) is 2.29. The molecule has 1 aromatic carbocycles. The van der Waals surface area contributed by atoms with Gasteiger partial charge in [-0.05, 0) is 24.1 Å². The predicted molar refractivity (Wildman–Crippen MR) is 71.3 cm³/mol. The normalized spacial score (nSPS) is 10.7. The fourth-order valence-corrected chi connectivity index (χ4v) is 1.56. The average molecular weight is 253 g/mol. The molecule has 0 aliphatic heterocycles. The summed E-state index contributed by atoms with van der Waals surface area (Å²) in [5, 5.41) is 4.53. The van der Waals surface area contributed by atoms with Crippen molar-refractivity contribution in [1.82, 2.24) is 5.43 Å². The molecule has 0 aliphatic carbocycles. The van der Waals surface area contributed by atoms with Crippen molar-refractivity contribution in [1.29, 1.82) is 0 Å². The second kappa shape index (κ2) is 7.85. The summed E-state index contributed by atoms with van der Waals surface area (Å²) in [7, 11) is 0. The number of carbonyl (C=O) groups is 1. The Balaban J connectivity index is 2.32. The molecule has 92 valence electrons. The number of unbranched alkanes of at least 4 members (excludes halogenated alkanes) is 2. The standard InChI is InChI=1S/C13H17ClN2O/c1-2-3-4-8-13(17)16-15-10-11-6-5-7-12(14)9-11/h5-7,9-10H,2-4,8H2,1H3,(H,16,17)/b15-10-. The van der Waals surface area contributed by atoms with Gasteiger partial charge in [0.15, 0.2) is 0 Å². The van der Waals surface area contributed by atoms with E-state index in [0.29, 0.717) is 11.4 Å². The number of nitrogens with one attached hydrogen (secondary N) is 1. The Bertz CT molecular complexity index is 391. The lowest BCUT2D eigenvalue weighted by atomic mass is 10.2. The maximum absolute atomic E-state index is 11.3. The van der Waals surface area contributed by atoms with Gasteiger partial charge in [-0.3, -0.25) is 4.79 Å². The Hall–Kier alpha value is -1.35. The van der Waals surface area contributed by atoms with E-state index in [2.05, 4.69) is 17.5 Å². The third-order valence-electron chi connectivity index (χ3n) is 2.26. The molecule has 0 saturated carbocycles. The number of hydrogen-bond acceptors (Lipinski definition) is 2. The Morgan fingerprint density at radius 3 is 3.00 bits per heavy atom. The summed E-state index contributed by atoms with van der Waals surface area (Å²) in [6.07, 6.45) is 5.21. The minimum Gasteiger partial charge on any atom is -0.273 e. The van der Waals surface area contributed by atoms with E-state index in [1.165, 1.54) is 0 Å². The molecular weight excluding hydrogens is 236 g/mol. The van der Waals surface area contributed by atoms with E-state index in [4.69, 9.17) is 11.6 Å². The van der Waals surface area contributed by atoms with Crippen molar-refractivity contribution in [2.75, 3.05) is 0 Å². The zero-order chi connectivity index (χ0) is 12.5. The maximum Gasteiger partial charge on any atom is 0.240 e. The monoisotopic (exact) mass is 252 g/mol. The molecule has 0 spiro atoms. The van der Waals surface area contributed by atoms with Crippen molar-refractivity contribution >= 4 is 23.7 Å². The van der Waals surface area contributed by atoms with Gasteiger partial charge in [0, 0.05) is 11.4 Å². The van der Waals surface area contributed by atoms with Crippen LogP contribution in [0.25, 0.3) is 0 Å². The second-order valence-electron chi connectivity index (χ2n) is 3.81. The molecule has 1 aromatic rings. The van der Waals surface area contributed by atoms with Gasteiger partial charge in [0.05, 0.1) is 6.21 Å². The van der Waals surface area contributed by atoms with Crippen molar-refractivity contribution in [2.24, 2.45) is 5.10 Å². The lowest BCUT2D eigenvalue weighted by Crippen LogP contribution is -2.16. The molecule has 0 atom stereocenters. The zero-order valence-corrected chi connectivity index (χ0v) is 10.7. The first-order chi connectivity index (χ1) is 8.22. The molecule has 0 aliphatic rings. The van der Waals surface area contributed by atoms with Crippen LogP contribution in [-0.4, -0.2) is 12.1 Å². The Labute approximate surface area is 107 Å². The minimum atomic E-state index is -0.0447. The third-order valence-corrected chi connectivity index (χ3v) is 2.49. The summed E-state index contributed by atoms with van der Waals surface area (Å²) in [6.45, 7) is 2.11. The molecule has 3 nitrogen and oxygen atoms in total.